The van der Waals surface area contributed by atoms with Gasteiger partial charge in [-0.2, -0.15) is 0 Å². The van der Waals surface area contributed by atoms with Crippen molar-refractivity contribution < 1.29 is 0 Å². The van der Waals surface area contributed by atoms with Gasteiger partial charge in [-0.1, -0.05) is 0 Å². The van der Waals surface area contributed by atoms with Gasteiger partial charge in [-0.05, 0) is 0 Å². The van der Waals surface area contributed by atoms with Gasteiger partial charge in [-0.15, -0.1) is 0 Å². The molecule has 0 amide bonds. The van der Waals surface area contributed by atoms with E-state index in [-0.39, 0.29) is 0 Å². The topological polar surface area (TPSA) is 0 Å². The van der Waals surface area contributed by atoms with Gasteiger partial charge in [0.1, 0.15) is 0 Å². The van der Waals surface area contributed by atoms with Gasteiger partial charge in [0.05, 0.1) is 0 Å². The summed E-state index contributed by atoms with van der Waals surface area (Å²) in [7, 11) is 0. The molecule has 0 atom stereocenters. The number of hydrogen-bond donors (Lipinski definition) is 0. The van der Waals surface area contributed by atoms with E-state index in [1.807, 2.05) is 0 Å². The van der Waals surface area contributed by atoms with E-state index in [9.17, 15) is 0 Å². The van der Waals surface area contributed by atoms with Gasteiger partial charge in [0.15, 0.2) is 0 Å². The molecule has 0 aliphatic carbocycles. The Morgan fingerprint density at radius 2 is 0.405 bits per heavy atom. The third-order valence-corrected chi connectivity index (χ3v) is 21.8. The number of unbranched alkanes of at least 4 members (excludes halogenated alkanes) is 28. The second-order valence-electron chi connectivity index (χ2n) is 14.6. The third kappa shape index (κ3) is 27.5. The Labute approximate surface area is 282 Å². The molecule has 0 nitrogen and oxygen atoms in total. The molecule has 0 aliphatic heterocycles. The molecule has 0 N–H and O–H groups in total. The molecular formula is C40H84IP. The molecule has 0 heterocycles. The zero-order valence-electron chi connectivity index (χ0n) is 30.3. The summed E-state index contributed by atoms with van der Waals surface area (Å²) in [5, 5.41) is 0. The van der Waals surface area contributed by atoms with Gasteiger partial charge in [0.2, 0.25) is 0 Å². The van der Waals surface area contributed by atoms with Crippen LogP contribution in [-0.2, 0) is 0 Å². The van der Waals surface area contributed by atoms with Gasteiger partial charge in [-0.3, -0.25) is 0 Å². The van der Waals surface area contributed by atoms with Crippen molar-refractivity contribution >= 4 is 26.3 Å². The number of hydrogen-bond acceptors (Lipinski definition) is 0. The Morgan fingerprint density at radius 3 is 0.619 bits per heavy atom. The summed E-state index contributed by atoms with van der Waals surface area (Å²) in [6.45, 7) is 9.43. The average molecular weight is 723 g/mol. The predicted molar refractivity (Wildman–Crippen MR) is 211 cm³/mol. The summed E-state index contributed by atoms with van der Waals surface area (Å²) in [5.74, 6) is 0. The van der Waals surface area contributed by atoms with Crippen LogP contribution in [0.25, 0.3) is 0 Å². The van der Waals surface area contributed by atoms with Crippen LogP contribution < -0.4 is 0 Å². The minimum absolute atomic E-state index is 1.37. The normalized spacial score (nSPS) is 13.0. The van der Waals surface area contributed by atoms with Crippen LogP contribution in [-0.4, -0.2) is 24.6 Å². The van der Waals surface area contributed by atoms with E-state index in [0.29, 0.717) is 0 Å². The molecule has 0 saturated heterocycles. The molecule has 2 heteroatoms. The van der Waals surface area contributed by atoms with Crippen molar-refractivity contribution in [3.05, 3.63) is 0 Å². The predicted octanol–water partition coefficient (Wildman–Crippen LogP) is 16.5. The van der Waals surface area contributed by atoms with Gasteiger partial charge in [0.25, 0.3) is 0 Å². The Kier molecular flexibility index (Phi) is 33.0. The van der Waals surface area contributed by atoms with Crippen molar-refractivity contribution in [2.45, 2.75) is 233 Å². The van der Waals surface area contributed by atoms with Gasteiger partial charge < -0.3 is 0 Å². The zero-order valence-corrected chi connectivity index (χ0v) is 33.3. The standard InChI is InChI=1S/C40H84IP/c1-5-9-13-16-19-22-25-28-31-34-38-42(41,37-12-8-4,39-35-32-29-26-23-20-17-14-10-6-2)40-36-33-30-27-24-21-18-15-11-7-3/h5-40H2,1-4H3. The van der Waals surface area contributed by atoms with Crippen molar-refractivity contribution in [3.8, 4) is 0 Å². The molecule has 0 radical (unpaired) electrons. The van der Waals surface area contributed by atoms with Crippen molar-refractivity contribution in [3.63, 3.8) is 0 Å². The molecule has 0 fully saturated rings. The molecule has 0 saturated carbocycles. The second-order valence-corrected chi connectivity index (χ2v) is 28.2. The van der Waals surface area contributed by atoms with E-state index in [1.54, 1.807) is 24.6 Å². The summed E-state index contributed by atoms with van der Waals surface area (Å²) in [5.41, 5.74) is 0. The maximum absolute atomic E-state index is 3.22. The molecule has 0 aromatic carbocycles. The van der Waals surface area contributed by atoms with Crippen LogP contribution in [0.2, 0.25) is 0 Å². The van der Waals surface area contributed by atoms with Crippen molar-refractivity contribution in [1.82, 2.24) is 0 Å². The van der Waals surface area contributed by atoms with Crippen molar-refractivity contribution in [2.24, 2.45) is 0 Å². The zero-order chi connectivity index (χ0) is 30.9. The molecule has 0 aromatic heterocycles. The van der Waals surface area contributed by atoms with E-state index in [0.717, 1.165) is 0 Å². The molecule has 0 aliphatic rings. The van der Waals surface area contributed by atoms with E-state index >= 15 is 0 Å². The molecule has 42 heavy (non-hydrogen) atoms. The van der Waals surface area contributed by atoms with Crippen LogP contribution in [0.3, 0.4) is 0 Å². The van der Waals surface area contributed by atoms with Crippen LogP contribution in [0.5, 0.6) is 0 Å². The second kappa shape index (κ2) is 32.1. The summed E-state index contributed by atoms with van der Waals surface area (Å²) in [6.07, 6.45) is 53.7. The maximum atomic E-state index is 3.22. The number of rotatable bonds is 36. The third-order valence-electron chi connectivity index (χ3n) is 10.3. The van der Waals surface area contributed by atoms with Gasteiger partial charge in [-0.25, -0.2) is 0 Å². The number of halogens is 1. The van der Waals surface area contributed by atoms with Crippen LogP contribution >= 0.6 is 26.3 Å². The van der Waals surface area contributed by atoms with Crippen LogP contribution in [0.1, 0.15) is 233 Å². The Morgan fingerprint density at radius 1 is 0.238 bits per heavy atom. The molecular weight excluding hydrogens is 638 g/mol. The summed E-state index contributed by atoms with van der Waals surface area (Å²) < 4.78 is -1.62. The van der Waals surface area contributed by atoms with Crippen LogP contribution in [0.4, 0.5) is 0 Å². The van der Waals surface area contributed by atoms with E-state index in [4.69, 9.17) is 0 Å². The van der Waals surface area contributed by atoms with Crippen LogP contribution in [0, 0.1) is 0 Å². The molecule has 0 unspecified atom stereocenters. The first-order valence-electron chi connectivity index (χ1n) is 20.3. The summed E-state index contributed by atoms with van der Waals surface area (Å²) in [6, 6.07) is 0. The monoisotopic (exact) mass is 723 g/mol. The summed E-state index contributed by atoms with van der Waals surface area (Å²) in [4.78, 5) is 0. The fourth-order valence-corrected chi connectivity index (χ4v) is 16.8. The average Bonchev–Trinajstić information content (AvgIpc) is 2.99. The van der Waals surface area contributed by atoms with Gasteiger partial charge >= 0.3 is 284 Å². The summed E-state index contributed by atoms with van der Waals surface area (Å²) >= 11 is 3.22. The first-order chi connectivity index (χ1) is 20.5. The fourth-order valence-electron chi connectivity index (χ4n) is 7.21. The van der Waals surface area contributed by atoms with Crippen molar-refractivity contribution in [2.75, 3.05) is 24.6 Å². The van der Waals surface area contributed by atoms with Crippen LogP contribution in [0.15, 0.2) is 0 Å². The Bertz CT molecular complexity index is 455. The first-order valence-corrected chi connectivity index (χ1v) is 26.0. The molecule has 0 spiro atoms. The SMILES string of the molecule is CCCCCCCCCCCCP(I)(CCCC)(CCCCCCCCCCCC)CCCCCCCCCCCC. The van der Waals surface area contributed by atoms with Crippen molar-refractivity contribution in [1.29, 1.82) is 0 Å². The Balaban J connectivity index is 4.67. The molecule has 0 bridgehead atoms. The molecule has 256 valence electrons. The molecule has 0 aromatic rings. The van der Waals surface area contributed by atoms with Gasteiger partial charge in [0, 0.05) is 0 Å². The first kappa shape index (κ1) is 43.2. The van der Waals surface area contributed by atoms with E-state index in [2.05, 4.69) is 49.7 Å². The van der Waals surface area contributed by atoms with E-state index < -0.39 is 4.25 Å². The minimum atomic E-state index is -1.62. The Hall–Kier alpha value is 1.16. The molecule has 0 rings (SSSR count). The quantitative estimate of drug-likeness (QED) is 0.0343. The van der Waals surface area contributed by atoms with E-state index in [1.165, 1.54) is 205 Å². The fraction of sp³-hybridized carbons (Fsp3) is 1.00.